The van der Waals surface area contributed by atoms with Gasteiger partial charge in [-0.1, -0.05) is 13.8 Å². The van der Waals surface area contributed by atoms with Gasteiger partial charge < -0.3 is 10.0 Å². The van der Waals surface area contributed by atoms with Gasteiger partial charge in [0.15, 0.2) is 0 Å². The Morgan fingerprint density at radius 2 is 1.59 bits per heavy atom. The van der Waals surface area contributed by atoms with Gasteiger partial charge in [0.05, 0.1) is 6.10 Å². The number of aliphatic hydroxyl groups excluding tert-OH is 1. The fraction of sp³-hybridized carbons (Fsp3) is 1.00. The van der Waals surface area contributed by atoms with Crippen molar-refractivity contribution in [2.45, 2.75) is 20.0 Å². The van der Waals surface area contributed by atoms with Crippen molar-refractivity contribution in [3.63, 3.8) is 0 Å². The lowest BCUT2D eigenvalue weighted by Gasteiger charge is -2.36. The summed E-state index contributed by atoms with van der Waals surface area (Å²) in [5.41, 5.74) is 0. The summed E-state index contributed by atoms with van der Waals surface area (Å²) in [4.78, 5) is 7.13. The van der Waals surface area contributed by atoms with Gasteiger partial charge in [0, 0.05) is 45.8 Å². The number of β-amino-alcohol motifs (C(OH)–C–C–N with tert-alkyl or cyclic N) is 1. The quantitative estimate of drug-likeness (QED) is 0.721. The van der Waals surface area contributed by atoms with Gasteiger partial charge in [0.1, 0.15) is 0 Å². The van der Waals surface area contributed by atoms with E-state index in [1.54, 1.807) is 0 Å². The number of likely N-dealkylation sites (N-methyl/N-ethyl adjacent to an activating group) is 1. The molecular weight excluding hydrogens is 214 g/mol. The summed E-state index contributed by atoms with van der Waals surface area (Å²) in [6.45, 7) is 11.8. The molecule has 1 fully saturated rings. The molecule has 4 heteroatoms. The van der Waals surface area contributed by atoms with Crippen molar-refractivity contribution in [1.29, 1.82) is 0 Å². The highest BCUT2D eigenvalue weighted by Crippen LogP contribution is 2.07. The zero-order valence-corrected chi connectivity index (χ0v) is 11.9. The average Bonchev–Trinajstić information content (AvgIpc) is 2.28. The van der Waals surface area contributed by atoms with Crippen LogP contribution < -0.4 is 0 Å². The Morgan fingerprint density at radius 3 is 2.06 bits per heavy atom. The van der Waals surface area contributed by atoms with Gasteiger partial charge in [-0.05, 0) is 20.0 Å². The van der Waals surface area contributed by atoms with Crippen molar-refractivity contribution in [3.05, 3.63) is 0 Å². The second-order valence-electron chi connectivity index (χ2n) is 5.76. The Bertz CT molecular complexity index is 201. The largest absolute Gasteiger partial charge is 0.392 e. The summed E-state index contributed by atoms with van der Waals surface area (Å²) < 4.78 is 0. The fourth-order valence-corrected chi connectivity index (χ4v) is 2.01. The Morgan fingerprint density at radius 1 is 1.06 bits per heavy atom. The number of piperazine rings is 1. The molecule has 0 aliphatic carbocycles. The number of hydrogen-bond donors (Lipinski definition) is 1. The maximum absolute atomic E-state index is 9.86. The minimum atomic E-state index is -0.177. The molecule has 1 heterocycles. The summed E-state index contributed by atoms with van der Waals surface area (Å²) in [6, 6.07) is 0. The first-order chi connectivity index (χ1) is 7.99. The molecule has 4 nitrogen and oxygen atoms in total. The van der Waals surface area contributed by atoms with Crippen LogP contribution in [-0.2, 0) is 0 Å². The molecule has 0 amide bonds. The standard InChI is InChI=1S/C13H29N3O/c1-12(2)13(17)11-16-9-7-15(8-10-16)6-5-14(3)4/h12-13,17H,5-11H2,1-4H3. The molecule has 0 radical (unpaired) electrons. The zero-order valence-electron chi connectivity index (χ0n) is 11.9. The van der Waals surface area contributed by atoms with Crippen LogP contribution in [0.15, 0.2) is 0 Å². The van der Waals surface area contributed by atoms with E-state index in [9.17, 15) is 5.11 Å². The van der Waals surface area contributed by atoms with E-state index in [2.05, 4.69) is 42.6 Å². The Balaban J connectivity index is 2.17. The molecule has 1 N–H and O–H groups in total. The van der Waals surface area contributed by atoms with E-state index in [1.807, 2.05) is 0 Å². The van der Waals surface area contributed by atoms with Gasteiger partial charge in [-0.2, -0.15) is 0 Å². The average molecular weight is 243 g/mol. The third kappa shape index (κ3) is 5.82. The van der Waals surface area contributed by atoms with Crippen LogP contribution >= 0.6 is 0 Å². The van der Waals surface area contributed by atoms with Crippen LogP contribution in [0.25, 0.3) is 0 Å². The molecule has 1 aliphatic rings. The van der Waals surface area contributed by atoms with E-state index in [0.717, 1.165) is 45.8 Å². The molecule has 1 rings (SSSR count). The predicted octanol–water partition coefficient (Wildman–Crippen LogP) is 0.183. The van der Waals surface area contributed by atoms with Gasteiger partial charge in [-0.15, -0.1) is 0 Å². The molecule has 0 spiro atoms. The van der Waals surface area contributed by atoms with Gasteiger partial charge in [0.25, 0.3) is 0 Å². The highest BCUT2D eigenvalue weighted by atomic mass is 16.3. The van der Waals surface area contributed by atoms with Crippen LogP contribution in [0.3, 0.4) is 0 Å². The minimum Gasteiger partial charge on any atom is -0.392 e. The third-order valence-corrected chi connectivity index (χ3v) is 3.54. The van der Waals surface area contributed by atoms with Crippen LogP contribution in [0.2, 0.25) is 0 Å². The first-order valence-corrected chi connectivity index (χ1v) is 6.76. The van der Waals surface area contributed by atoms with Gasteiger partial charge in [0.2, 0.25) is 0 Å². The Labute approximate surface area is 106 Å². The van der Waals surface area contributed by atoms with Crippen molar-refractivity contribution < 1.29 is 5.11 Å². The monoisotopic (exact) mass is 243 g/mol. The van der Waals surface area contributed by atoms with Crippen LogP contribution in [0.5, 0.6) is 0 Å². The lowest BCUT2D eigenvalue weighted by Crippen LogP contribution is -2.50. The highest BCUT2D eigenvalue weighted by molar-refractivity contribution is 4.75. The SMILES string of the molecule is CC(C)C(O)CN1CCN(CCN(C)C)CC1. The lowest BCUT2D eigenvalue weighted by atomic mass is 10.1. The molecule has 1 unspecified atom stereocenters. The topological polar surface area (TPSA) is 30.0 Å². The second kappa shape index (κ2) is 7.31. The fourth-order valence-electron chi connectivity index (χ4n) is 2.01. The predicted molar refractivity (Wildman–Crippen MR) is 72.3 cm³/mol. The van der Waals surface area contributed by atoms with Crippen LogP contribution in [0.4, 0.5) is 0 Å². The molecule has 0 saturated carbocycles. The number of nitrogens with zero attached hydrogens (tertiary/aromatic N) is 3. The first kappa shape index (κ1) is 14.9. The van der Waals surface area contributed by atoms with Crippen molar-refractivity contribution in [1.82, 2.24) is 14.7 Å². The molecule has 1 atom stereocenters. The van der Waals surface area contributed by atoms with Crippen LogP contribution in [-0.4, -0.2) is 85.8 Å². The summed E-state index contributed by atoms with van der Waals surface area (Å²) >= 11 is 0. The van der Waals surface area contributed by atoms with E-state index >= 15 is 0 Å². The number of aliphatic hydroxyl groups is 1. The van der Waals surface area contributed by atoms with E-state index in [4.69, 9.17) is 0 Å². The molecule has 17 heavy (non-hydrogen) atoms. The van der Waals surface area contributed by atoms with Crippen molar-refractivity contribution >= 4 is 0 Å². The normalized spacial score (nSPS) is 21.4. The molecule has 1 aliphatic heterocycles. The third-order valence-electron chi connectivity index (χ3n) is 3.54. The Kier molecular flexibility index (Phi) is 6.41. The van der Waals surface area contributed by atoms with E-state index < -0.39 is 0 Å². The van der Waals surface area contributed by atoms with Crippen molar-refractivity contribution in [2.24, 2.45) is 5.92 Å². The maximum atomic E-state index is 9.86. The highest BCUT2D eigenvalue weighted by Gasteiger charge is 2.20. The second-order valence-corrected chi connectivity index (χ2v) is 5.76. The molecule has 1 saturated heterocycles. The molecule has 0 bridgehead atoms. The maximum Gasteiger partial charge on any atom is 0.0689 e. The summed E-state index contributed by atoms with van der Waals surface area (Å²) in [5.74, 6) is 0.363. The van der Waals surface area contributed by atoms with Crippen molar-refractivity contribution in [2.75, 3.05) is 59.9 Å². The Hall–Kier alpha value is -0.160. The van der Waals surface area contributed by atoms with Gasteiger partial charge in [-0.3, -0.25) is 9.80 Å². The summed E-state index contributed by atoms with van der Waals surface area (Å²) in [6.07, 6.45) is -0.177. The van der Waals surface area contributed by atoms with Crippen LogP contribution in [0, 0.1) is 5.92 Å². The summed E-state index contributed by atoms with van der Waals surface area (Å²) in [5, 5.41) is 9.86. The molecule has 0 aromatic carbocycles. The van der Waals surface area contributed by atoms with E-state index in [0.29, 0.717) is 5.92 Å². The van der Waals surface area contributed by atoms with Gasteiger partial charge in [-0.25, -0.2) is 0 Å². The molecule has 0 aromatic rings. The minimum absolute atomic E-state index is 0.177. The smallest absolute Gasteiger partial charge is 0.0689 e. The van der Waals surface area contributed by atoms with Gasteiger partial charge >= 0.3 is 0 Å². The van der Waals surface area contributed by atoms with Crippen molar-refractivity contribution in [3.8, 4) is 0 Å². The number of hydrogen-bond acceptors (Lipinski definition) is 4. The van der Waals surface area contributed by atoms with E-state index in [1.165, 1.54) is 0 Å². The first-order valence-electron chi connectivity index (χ1n) is 6.76. The molecular formula is C13H29N3O. The molecule has 102 valence electrons. The summed E-state index contributed by atoms with van der Waals surface area (Å²) in [7, 11) is 4.24. The van der Waals surface area contributed by atoms with E-state index in [-0.39, 0.29) is 6.10 Å². The van der Waals surface area contributed by atoms with Crippen LogP contribution in [0.1, 0.15) is 13.8 Å². The number of rotatable bonds is 6. The zero-order chi connectivity index (χ0) is 12.8. The lowest BCUT2D eigenvalue weighted by molar-refractivity contribution is 0.0486. The molecule has 0 aromatic heterocycles.